The zero-order chi connectivity index (χ0) is 21.4. The minimum atomic E-state index is -0.429. The van der Waals surface area contributed by atoms with E-state index in [9.17, 15) is 14.0 Å². The van der Waals surface area contributed by atoms with Crippen LogP contribution in [0.5, 0.6) is 0 Å². The summed E-state index contributed by atoms with van der Waals surface area (Å²) < 4.78 is 14.5. The second-order valence-corrected chi connectivity index (χ2v) is 7.19. The monoisotopic (exact) mass is 405 g/mol. The number of halogens is 1. The van der Waals surface area contributed by atoms with Gasteiger partial charge in [-0.2, -0.15) is 9.50 Å². The molecule has 0 aliphatic rings. The summed E-state index contributed by atoms with van der Waals surface area (Å²) in [7, 11) is 0. The molecule has 0 unspecified atom stereocenters. The number of anilines is 1. The van der Waals surface area contributed by atoms with Crippen LogP contribution in [0.15, 0.2) is 53.3 Å². The fraction of sp³-hybridized carbons (Fsp3) is 0.182. The van der Waals surface area contributed by atoms with Gasteiger partial charge in [0.15, 0.2) is 0 Å². The predicted octanol–water partition coefficient (Wildman–Crippen LogP) is 3.33. The van der Waals surface area contributed by atoms with Crippen LogP contribution in [0.3, 0.4) is 0 Å². The number of benzene rings is 2. The first-order chi connectivity index (χ1) is 14.3. The molecule has 152 valence electrons. The Labute approximate surface area is 171 Å². The molecule has 30 heavy (non-hydrogen) atoms. The first-order valence-electron chi connectivity index (χ1n) is 9.42. The first kappa shape index (κ1) is 19.5. The molecule has 2 aromatic carbocycles. The molecule has 0 radical (unpaired) electrons. The number of carbonyl (C=O) groups is 1. The van der Waals surface area contributed by atoms with Gasteiger partial charge in [0, 0.05) is 16.8 Å². The molecule has 0 spiro atoms. The number of fused-ring (bicyclic) bond motifs is 1. The molecule has 0 saturated carbocycles. The lowest BCUT2D eigenvalue weighted by atomic mass is 10.1. The maximum atomic E-state index is 13.3. The topological polar surface area (TPSA) is 83.4 Å². The summed E-state index contributed by atoms with van der Waals surface area (Å²) >= 11 is 0. The van der Waals surface area contributed by atoms with Crippen molar-refractivity contribution in [2.75, 3.05) is 4.90 Å². The number of aryl methyl sites for hydroxylation is 2. The Balaban J connectivity index is 1.82. The van der Waals surface area contributed by atoms with E-state index in [-0.39, 0.29) is 29.7 Å². The number of hydrogen-bond acceptors (Lipinski definition) is 4. The van der Waals surface area contributed by atoms with E-state index in [2.05, 4.69) is 15.1 Å². The highest BCUT2D eigenvalue weighted by molar-refractivity contribution is 6.05. The van der Waals surface area contributed by atoms with E-state index in [1.165, 1.54) is 33.7 Å². The molecule has 0 fully saturated rings. The summed E-state index contributed by atoms with van der Waals surface area (Å²) in [5.41, 5.74) is 3.08. The third-order valence-corrected chi connectivity index (χ3v) is 5.01. The van der Waals surface area contributed by atoms with Gasteiger partial charge in [-0.15, -0.1) is 0 Å². The summed E-state index contributed by atoms with van der Waals surface area (Å²) in [5.74, 6) is -0.448. The van der Waals surface area contributed by atoms with Crippen molar-refractivity contribution in [2.45, 2.75) is 27.3 Å². The minimum absolute atomic E-state index is 0.180. The second-order valence-electron chi connectivity index (χ2n) is 7.19. The van der Waals surface area contributed by atoms with E-state index in [1.807, 2.05) is 31.2 Å². The molecular formula is C22H20FN5O2. The first-order valence-corrected chi connectivity index (χ1v) is 9.42. The highest BCUT2D eigenvalue weighted by Gasteiger charge is 2.23. The van der Waals surface area contributed by atoms with Crippen LogP contribution in [0, 0.1) is 26.6 Å². The maximum Gasteiger partial charge on any atom is 0.277 e. The maximum absolute atomic E-state index is 13.3. The van der Waals surface area contributed by atoms with Crippen LogP contribution in [0.2, 0.25) is 0 Å². The van der Waals surface area contributed by atoms with Gasteiger partial charge in [-0.3, -0.25) is 19.6 Å². The lowest BCUT2D eigenvalue weighted by Gasteiger charge is -2.20. The number of aromatic nitrogens is 4. The van der Waals surface area contributed by atoms with E-state index >= 15 is 0 Å². The summed E-state index contributed by atoms with van der Waals surface area (Å²) in [6.07, 6.45) is 0. The number of hydrogen-bond donors (Lipinski definition) is 1. The molecule has 0 bridgehead atoms. The van der Waals surface area contributed by atoms with Gasteiger partial charge < -0.3 is 0 Å². The zero-order valence-corrected chi connectivity index (χ0v) is 16.8. The standard InChI is InChI=1S/C22H20FN5O2/c1-13-4-6-16(7-5-13)12-27(20(30)17-8-10-18(23)11-9-17)22-25-21-24-15(3)14(2)19(29)28(21)26-22/h4-11H,12H2,1-3H3,(H,24,25,26). The number of nitrogens with one attached hydrogen (secondary N) is 1. The quantitative estimate of drug-likeness (QED) is 0.565. The molecule has 0 atom stereocenters. The average molecular weight is 405 g/mol. The van der Waals surface area contributed by atoms with Crippen molar-refractivity contribution in [3.05, 3.63) is 92.6 Å². The minimum Gasteiger partial charge on any atom is -0.272 e. The fourth-order valence-corrected chi connectivity index (χ4v) is 3.08. The van der Waals surface area contributed by atoms with E-state index in [1.54, 1.807) is 13.8 Å². The second kappa shape index (κ2) is 7.55. The zero-order valence-electron chi connectivity index (χ0n) is 16.8. The number of carbonyl (C=O) groups excluding carboxylic acids is 1. The van der Waals surface area contributed by atoms with E-state index in [0.717, 1.165) is 11.1 Å². The Morgan fingerprint density at radius 1 is 1.03 bits per heavy atom. The number of aromatic amines is 1. The lowest BCUT2D eigenvalue weighted by molar-refractivity contribution is 0.0983. The van der Waals surface area contributed by atoms with Crippen molar-refractivity contribution in [3.8, 4) is 0 Å². The Morgan fingerprint density at radius 3 is 2.37 bits per heavy atom. The number of H-pyrrole nitrogens is 1. The average Bonchev–Trinajstić information content (AvgIpc) is 3.15. The van der Waals surface area contributed by atoms with E-state index < -0.39 is 5.82 Å². The summed E-state index contributed by atoms with van der Waals surface area (Å²) in [5, 5.41) is 2.89. The molecule has 7 nitrogen and oxygen atoms in total. The lowest BCUT2D eigenvalue weighted by Crippen LogP contribution is -2.31. The Kier molecular flexibility index (Phi) is 4.91. The molecule has 0 aliphatic carbocycles. The van der Waals surface area contributed by atoms with Gasteiger partial charge >= 0.3 is 0 Å². The number of amides is 1. The summed E-state index contributed by atoms with van der Waals surface area (Å²) in [6, 6.07) is 13.0. The van der Waals surface area contributed by atoms with Crippen LogP contribution in [0.4, 0.5) is 10.3 Å². The molecule has 4 aromatic rings. The SMILES string of the molecule is Cc1ccc(CN(C(=O)c2ccc(F)cc2)c2nc3nc(C)c(C)c(=O)n3[nH]2)cc1. The van der Waals surface area contributed by atoms with E-state index in [0.29, 0.717) is 16.8 Å². The Morgan fingerprint density at radius 2 is 1.70 bits per heavy atom. The van der Waals surface area contributed by atoms with Crippen molar-refractivity contribution in [1.82, 2.24) is 19.6 Å². The van der Waals surface area contributed by atoms with Gasteiger partial charge in [0.2, 0.25) is 5.95 Å². The van der Waals surface area contributed by atoms with Crippen LogP contribution in [0.1, 0.15) is 32.7 Å². The van der Waals surface area contributed by atoms with Crippen LogP contribution in [0.25, 0.3) is 5.78 Å². The number of rotatable bonds is 4. The van der Waals surface area contributed by atoms with Crippen LogP contribution in [-0.4, -0.2) is 25.5 Å². The third-order valence-electron chi connectivity index (χ3n) is 5.01. The fourth-order valence-electron chi connectivity index (χ4n) is 3.08. The van der Waals surface area contributed by atoms with E-state index in [4.69, 9.17) is 0 Å². The van der Waals surface area contributed by atoms with Crippen molar-refractivity contribution in [1.29, 1.82) is 0 Å². The molecule has 8 heteroatoms. The van der Waals surface area contributed by atoms with Crippen molar-refractivity contribution < 1.29 is 9.18 Å². The highest BCUT2D eigenvalue weighted by atomic mass is 19.1. The Bertz CT molecular complexity index is 1290. The summed E-state index contributed by atoms with van der Waals surface area (Å²) in [4.78, 5) is 36.0. The molecule has 1 amide bonds. The van der Waals surface area contributed by atoms with Crippen LogP contribution in [-0.2, 0) is 6.54 Å². The normalized spacial score (nSPS) is 11.1. The molecule has 0 saturated heterocycles. The molecular weight excluding hydrogens is 385 g/mol. The van der Waals surface area contributed by atoms with Crippen molar-refractivity contribution in [2.24, 2.45) is 0 Å². The van der Waals surface area contributed by atoms with Crippen molar-refractivity contribution >= 4 is 17.6 Å². The van der Waals surface area contributed by atoms with Gasteiger partial charge in [0.05, 0.1) is 6.54 Å². The van der Waals surface area contributed by atoms with Gasteiger partial charge in [-0.05, 0) is 50.6 Å². The Hall–Kier alpha value is -3.81. The molecule has 1 N–H and O–H groups in total. The molecule has 0 aliphatic heterocycles. The van der Waals surface area contributed by atoms with Crippen LogP contribution >= 0.6 is 0 Å². The number of nitrogens with zero attached hydrogens (tertiary/aromatic N) is 4. The molecule has 2 aromatic heterocycles. The van der Waals surface area contributed by atoms with Gasteiger partial charge in [-0.25, -0.2) is 9.37 Å². The molecule has 2 heterocycles. The van der Waals surface area contributed by atoms with Crippen molar-refractivity contribution in [3.63, 3.8) is 0 Å². The third kappa shape index (κ3) is 3.59. The van der Waals surface area contributed by atoms with Crippen LogP contribution < -0.4 is 10.5 Å². The largest absolute Gasteiger partial charge is 0.277 e. The van der Waals surface area contributed by atoms with Gasteiger partial charge in [0.25, 0.3) is 17.2 Å². The summed E-state index contributed by atoms with van der Waals surface area (Å²) in [6.45, 7) is 5.61. The van der Waals surface area contributed by atoms with Gasteiger partial charge in [-0.1, -0.05) is 29.8 Å². The molecule has 4 rings (SSSR count). The highest BCUT2D eigenvalue weighted by Crippen LogP contribution is 2.18. The van der Waals surface area contributed by atoms with Gasteiger partial charge in [0.1, 0.15) is 5.82 Å². The predicted molar refractivity (Wildman–Crippen MR) is 111 cm³/mol. The smallest absolute Gasteiger partial charge is 0.272 e.